The van der Waals surface area contributed by atoms with Gasteiger partial charge in [-0.05, 0) is 68.0 Å². The van der Waals surface area contributed by atoms with E-state index in [9.17, 15) is 19.1 Å². The lowest BCUT2D eigenvalue weighted by molar-refractivity contribution is -0.139. The van der Waals surface area contributed by atoms with Gasteiger partial charge in [0.2, 0.25) is 0 Å². The summed E-state index contributed by atoms with van der Waals surface area (Å²) in [5.41, 5.74) is 2.25. The molecule has 4 aromatic rings. The number of carbonyl (C=O) groups excluding carboxylic acids is 1. The number of phenols is 1. The van der Waals surface area contributed by atoms with Gasteiger partial charge in [-0.2, -0.15) is 10.2 Å². The van der Waals surface area contributed by atoms with Gasteiger partial charge in [-0.25, -0.2) is 14.2 Å². The predicted molar refractivity (Wildman–Crippen MR) is 146 cm³/mol. The molecule has 2 heterocycles. The Balaban J connectivity index is 1.62. The molecule has 10 heteroatoms. The molecule has 3 aromatic carbocycles. The molecule has 1 aliphatic heterocycles. The second-order valence-corrected chi connectivity index (χ2v) is 9.64. The maximum atomic E-state index is 13.7. The maximum Gasteiger partial charge on any atom is 0.338 e. The molecule has 1 aliphatic rings. The van der Waals surface area contributed by atoms with Crippen molar-refractivity contribution in [1.29, 1.82) is 0 Å². The zero-order valence-corrected chi connectivity index (χ0v) is 21.9. The normalized spacial score (nSPS) is 15.4. The number of benzene rings is 3. The minimum atomic E-state index is -0.859. The summed E-state index contributed by atoms with van der Waals surface area (Å²) in [5.74, 6) is -1.08. The van der Waals surface area contributed by atoms with E-state index < -0.39 is 23.4 Å². The van der Waals surface area contributed by atoms with Crippen molar-refractivity contribution < 1.29 is 19.0 Å². The van der Waals surface area contributed by atoms with Crippen LogP contribution >= 0.6 is 11.3 Å². The van der Waals surface area contributed by atoms with Crippen LogP contribution in [0.1, 0.15) is 31.0 Å². The summed E-state index contributed by atoms with van der Waals surface area (Å²) < 4.78 is 20.7. The fourth-order valence-electron chi connectivity index (χ4n) is 4.22. The van der Waals surface area contributed by atoms with Crippen molar-refractivity contribution in [1.82, 2.24) is 4.57 Å². The Morgan fingerprint density at radius 3 is 2.54 bits per heavy atom. The molecule has 0 bridgehead atoms. The lowest BCUT2D eigenvalue weighted by atomic mass is 9.96. The third-order valence-corrected chi connectivity index (χ3v) is 7.02. The Labute approximate surface area is 226 Å². The first-order valence-electron chi connectivity index (χ1n) is 12.1. The Morgan fingerprint density at radius 1 is 1.10 bits per heavy atom. The molecule has 0 radical (unpaired) electrons. The van der Waals surface area contributed by atoms with Crippen LogP contribution in [0.15, 0.2) is 104 Å². The number of aromatic hydroxyl groups is 1. The van der Waals surface area contributed by atoms with Crippen LogP contribution in [-0.4, -0.2) is 22.2 Å². The second kappa shape index (κ2) is 11.0. The highest BCUT2D eigenvalue weighted by Gasteiger charge is 2.33. The van der Waals surface area contributed by atoms with Gasteiger partial charge in [-0.15, -0.1) is 0 Å². The number of esters is 1. The number of thiazole rings is 1. The zero-order chi connectivity index (χ0) is 27.5. The van der Waals surface area contributed by atoms with Crippen LogP contribution in [0, 0.1) is 5.82 Å². The van der Waals surface area contributed by atoms with E-state index in [-0.39, 0.29) is 22.5 Å². The number of aromatic nitrogens is 1. The summed E-state index contributed by atoms with van der Waals surface area (Å²) in [7, 11) is 0. The standard InChI is InChI=1S/C29H23FN4O4S/c1-3-38-28(37)25-17(2)31-29-34(26(25)18-9-11-20(30)12-10-18)27(36)24(39-29)16-19-15-22(13-14-23(19)35)33-32-21-7-5-4-6-8-21/h4-16,26,35H,3H2,1-2H3/b24-16-,33-32?/t26-/m1/s1. The topological polar surface area (TPSA) is 106 Å². The van der Waals surface area contributed by atoms with Crippen LogP contribution in [0.2, 0.25) is 0 Å². The SMILES string of the molecule is CCOC(=O)C1=C(C)N=c2s/c(=C\c3cc(N=Nc4ccccc4)ccc3O)c(=O)n2[C@@H]1c1ccc(F)cc1. The van der Waals surface area contributed by atoms with Crippen molar-refractivity contribution >= 4 is 34.8 Å². The number of ether oxygens (including phenoxy) is 1. The largest absolute Gasteiger partial charge is 0.507 e. The molecule has 5 rings (SSSR count). The average Bonchev–Trinajstić information content (AvgIpc) is 3.23. The van der Waals surface area contributed by atoms with E-state index in [0.717, 1.165) is 11.3 Å². The molecule has 196 valence electrons. The molecule has 1 atom stereocenters. The predicted octanol–water partition coefficient (Wildman–Crippen LogP) is 5.06. The van der Waals surface area contributed by atoms with Crippen LogP contribution < -0.4 is 14.9 Å². The van der Waals surface area contributed by atoms with Gasteiger partial charge >= 0.3 is 5.97 Å². The molecular formula is C29H23FN4O4S. The fourth-order valence-corrected chi connectivity index (χ4v) is 5.26. The minimum Gasteiger partial charge on any atom is -0.507 e. The summed E-state index contributed by atoms with van der Waals surface area (Å²) in [5, 5.41) is 18.9. The Morgan fingerprint density at radius 2 is 1.82 bits per heavy atom. The van der Waals surface area contributed by atoms with E-state index >= 15 is 0 Å². The fraction of sp³-hybridized carbons (Fsp3) is 0.138. The minimum absolute atomic E-state index is 0.0435. The smallest absolute Gasteiger partial charge is 0.338 e. The molecule has 0 amide bonds. The molecule has 0 fully saturated rings. The number of nitrogens with zero attached hydrogens (tertiary/aromatic N) is 4. The summed E-state index contributed by atoms with van der Waals surface area (Å²) >= 11 is 1.12. The molecule has 39 heavy (non-hydrogen) atoms. The Hall–Kier alpha value is -4.70. The number of carbonyl (C=O) groups is 1. The van der Waals surface area contributed by atoms with Gasteiger partial charge in [-0.1, -0.05) is 41.7 Å². The van der Waals surface area contributed by atoms with Crippen LogP contribution in [0.5, 0.6) is 5.75 Å². The van der Waals surface area contributed by atoms with Gasteiger partial charge < -0.3 is 9.84 Å². The Kier molecular flexibility index (Phi) is 7.29. The molecule has 8 nitrogen and oxygen atoms in total. The second-order valence-electron chi connectivity index (χ2n) is 8.63. The van der Waals surface area contributed by atoms with Crippen LogP contribution in [0.25, 0.3) is 6.08 Å². The molecule has 0 saturated heterocycles. The van der Waals surface area contributed by atoms with Crippen molar-refractivity contribution in [2.45, 2.75) is 19.9 Å². The van der Waals surface area contributed by atoms with E-state index in [1.165, 1.54) is 34.9 Å². The third kappa shape index (κ3) is 5.32. The van der Waals surface area contributed by atoms with Crippen molar-refractivity contribution in [2.24, 2.45) is 15.2 Å². The number of allylic oxidation sites excluding steroid dienone is 1. The molecule has 0 aliphatic carbocycles. The van der Waals surface area contributed by atoms with E-state index in [4.69, 9.17) is 4.74 Å². The average molecular weight is 543 g/mol. The summed E-state index contributed by atoms with van der Waals surface area (Å²) in [6.45, 7) is 3.51. The van der Waals surface area contributed by atoms with Crippen molar-refractivity contribution in [3.8, 4) is 5.75 Å². The lowest BCUT2D eigenvalue weighted by Gasteiger charge is -2.24. The Bertz CT molecular complexity index is 1790. The third-order valence-electron chi connectivity index (χ3n) is 6.04. The number of halogens is 1. The molecule has 1 aromatic heterocycles. The first-order valence-corrected chi connectivity index (χ1v) is 12.9. The van der Waals surface area contributed by atoms with Crippen molar-refractivity contribution in [3.63, 3.8) is 0 Å². The first-order chi connectivity index (χ1) is 18.9. The number of azo groups is 1. The highest BCUT2D eigenvalue weighted by molar-refractivity contribution is 7.07. The lowest BCUT2D eigenvalue weighted by Crippen LogP contribution is -2.39. The molecule has 0 unspecified atom stereocenters. The molecule has 0 saturated carbocycles. The molecule has 0 spiro atoms. The van der Waals surface area contributed by atoms with E-state index in [0.29, 0.717) is 33.0 Å². The van der Waals surface area contributed by atoms with Crippen LogP contribution in [-0.2, 0) is 9.53 Å². The maximum absolute atomic E-state index is 13.7. The number of hydrogen-bond acceptors (Lipinski definition) is 8. The van der Waals surface area contributed by atoms with Gasteiger partial charge in [0.15, 0.2) is 4.80 Å². The highest BCUT2D eigenvalue weighted by Crippen LogP contribution is 2.31. The number of fused-ring (bicyclic) bond motifs is 1. The molecule has 1 N–H and O–H groups in total. The van der Waals surface area contributed by atoms with E-state index in [2.05, 4.69) is 15.2 Å². The highest BCUT2D eigenvalue weighted by atomic mass is 32.1. The number of rotatable bonds is 6. The van der Waals surface area contributed by atoms with Gasteiger partial charge in [0.25, 0.3) is 5.56 Å². The van der Waals surface area contributed by atoms with Gasteiger partial charge in [0.05, 0.1) is 39.8 Å². The zero-order valence-electron chi connectivity index (χ0n) is 21.0. The number of phenolic OH excluding ortho intramolecular Hbond substituents is 1. The first kappa shape index (κ1) is 25.9. The number of hydrogen-bond donors (Lipinski definition) is 1. The summed E-state index contributed by atoms with van der Waals surface area (Å²) in [6, 6.07) is 18.7. The van der Waals surface area contributed by atoms with Gasteiger partial charge in [0.1, 0.15) is 11.6 Å². The van der Waals surface area contributed by atoms with E-state index in [1.807, 2.05) is 30.3 Å². The van der Waals surface area contributed by atoms with Crippen LogP contribution in [0.4, 0.5) is 15.8 Å². The van der Waals surface area contributed by atoms with Crippen LogP contribution in [0.3, 0.4) is 0 Å². The van der Waals surface area contributed by atoms with E-state index in [1.54, 1.807) is 32.1 Å². The van der Waals surface area contributed by atoms with Crippen molar-refractivity contribution in [2.75, 3.05) is 6.61 Å². The quantitative estimate of drug-likeness (QED) is 0.272. The monoisotopic (exact) mass is 542 g/mol. The van der Waals surface area contributed by atoms with Gasteiger partial charge in [0, 0.05) is 5.56 Å². The summed E-state index contributed by atoms with van der Waals surface area (Å²) in [4.78, 5) is 31.5. The summed E-state index contributed by atoms with van der Waals surface area (Å²) in [6.07, 6.45) is 1.55. The molecular weight excluding hydrogens is 519 g/mol. The van der Waals surface area contributed by atoms with Gasteiger partial charge in [-0.3, -0.25) is 9.36 Å². The van der Waals surface area contributed by atoms with Crippen molar-refractivity contribution in [3.05, 3.63) is 121 Å².